The summed E-state index contributed by atoms with van der Waals surface area (Å²) in [6.45, 7) is 0.354. The first-order valence-corrected chi connectivity index (χ1v) is 10.4. The standard InChI is InChI=1S/C22H21ClFN5O3/c23-15-7-3-5-13(19(15)24)11-26-20(30)18-9-4-10-28(18)22(32)27-16-12-29(21(25)31)17-8-2-1-6-14(16)17/h1-3,5-8,12,18H,4,9-11H2,(H2,25,31)(H,26,30)(H,27,32)/t18-/m0/s1. The summed E-state index contributed by atoms with van der Waals surface area (Å²) in [7, 11) is 0. The number of hydrogen-bond acceptors (Lipinski definition) is 3. The monoisotopic (exact) mass is 457 g/mol. The molecule has 0 spiro atoms. The summed E-state index contributed by atoms with van der Waals surface area (Å²) >= 11 is 5.78. The van der Waals surface area contributed by atoms with Crippen molar-refractivity contribution < 1.29 is 18.8 Å². The third kappa shape index (κ3) is 4.11. The summed E-state index contributed by atoms with van der Waals surface area (Å²) in [5.41, 5.74) is 6.66. The lowest BCUT2D eigenvalue weighted by Gasteiger charge is -2.24. The topological polar surface area (TPSA) is 109 Å². The van der Waals surface area contributed by atoms with E-state index in [-0.39, 0.29) is 23.0 Å². The molecule has 3 aromatic rings. The number of rotatable bonds is 4. The van der Waals surface area contributed by atoms with E-state index in [2.05, 4.69) is 10.6 Å². The Morgan fingerprint density at radius 1 is 1.16 bits per heavy atom. The number of nitrogens with two attached hydrogens (primary N) is 1. The van der Waals surface area contributed by atoms with Gasteiger partial charge in [-0.2, -0.15) is 0 Å². The Balaban J connectivity index is 1.47. The molecule has 10 heteroatoms. The van der Waals surface area contributed by atoms with Gasteiger partial charge in [-0.3, -0.25) is 9.36 Å². The van der Waals surface area contributed by atoms with E-state index in [9.17, 15) is 18.8 Å². The van der Waals surface area contributed by atoms with Crippen LogP contribution in [0.5, 0.6) is 0 Å². The van der Waals surface area contributed by atoms with Crippen molar-refractivity contribution in [1.82, 2.24) is 14.8 Å². The maximum Gasteiger partial charge on any atom is 0.323 e. The van der Waals surface area contributed by atoms with E-state index in [0.29, 0.717) is 36.0 Å². The van der Waals surface area contributed by atoms with Crippen molar-refractivity contribution in [3.63, 3.8) is 0 Å². The minimum absolute atomic E-state index is 0.0197. The third-order valence-electron chi connectivity index (χ3n) is 5.49. The first kappa shape index (κ1) is 21.6. The van der Waals surface area contributed by atoms with Crippen LogP contribution in [-0.2, 0) is 11.3 Å². The van der Waals surface area contributed by atoms with Crippen LogP contribution >= 0.6 is 11.6 Å². The van der Waals surface area contributed by atoms with Crippen molar-refractivity contribution in [2.24, 2.45) is 5.73 Å². The van der Waals surface area contributed by atoms with Crippen molar-refractivity contribution in [3.8, 4) is 0 Å². The Morgan fingerprint density at radius 2 is 1.94 bits per heavy atom. The zero-order chi connectivity index (χ0) is 22.8. The predicted octanol–water partition coefficient (Wildman–Crippen LogP) is 3.67. The summed E-state index contributed by atoms with van der Waals surface area (Å²) in [6, 6.07) is 9.76. The van der Waals surface area contributed by atoms with Gasteiger partial charge < -0.3 is 21.3 Å². The van der Waals surface area contributed by atoms with Gasteiger partial charge in [0.1, 0.15) is 11.9 Å². The summed E-state index contributed by atoms with van der Waals surface area (Å²) in [5, 5.41) is 6.09. The average Bonchev–Trinajstić information content (AvgIpc) is 3.40. The number of primary amides is 1. The molecular formula is C22H21ClFN5O3. The van der Waals surface area contributed by atoms with E-state index in [1.807, 2.05) is 0 Å². The van der Waals surface area contributed by atoms with Crippen LogP contribution in [0.1, 0.15) is 18.4 Å². The molecule has 0 aliphatic carbocycles. The second kappa shape index (κ2) is 8.88. The number of likely N-dealkylation sites (tertiary alicyclic amines) is 1. The molecule has 32 heavy (non-hydrogen) atoms. The number of anilines is 1. The number of nitrogens with one attached hydrogen (secondary N) is 2. The SMILES string of the molecule is NC(=O)n1cc(NC(=O)N2CCC[C@H]2C(=O)NCc2cccc(Cl)c2F)c2ccccc21. The quantitative estimate of drug-likeness (QED) is 0.556. The number of fused-ring (bicyclic) bond motifs is 1. The van der Waals surface area contributed by atoms with Crippen LogP contribution in [-0.4, -0.2) is 40.0 Å². The first-order valence-electron chi connectivity index (χ1n) is 10.0. The fourth-order valence-electron chi connectivity index (χ4n) is 3.92. The van der Waals surface area contributed by atoms with Gasteiger partial charge in [0.25, 0.3) is 0 Å². The Hall–Kier alpha value is -3.59. The summed E-state index contributed by atoms with van der Waals surface area (Å²) < 4.78 is 15.3. The van der Waals surface area contributed by atoms with Crippen LogP contribution in [0.3, 0.4) is 0 Å². The van der Waals surface area contributed by atoms with Gasteiger partial charge in [0, 0.05) is 30.2 Å². The molecule has 1 atom stereocenters. The van der Waals surface area contributed by atoms with Gasteiger partial charge >= 0.3 is 12.1 Å². The largest absolute Gasteiger partial charge is 0.351 e. The van der Waals surface area contributed by atoms with Gasteiger partial charge in [0.05, 0.1) is 16.2 Å². The summed E-state index contributed by atoms with van der Waals surface area (Å²) in [5.74, 6) is -0.960. The second-order valence-corrected chi connectivity index (χ2v) is 7.89. The van der Waals surface area contributed by atoms with Crippen molar-refractivity contribution in [2.75, 3.05) is 11.9 Å². The predicted molar refractivity (Wildman–Crippen MR) is 119 cm³/mol. The van der Waals surface area contributed by atoms with E-state index in [1.54, 1.807) is 30.3 Å². The fraction of sp³-hybridized carbons (Fsp3) is 0.227. The molecule has 1 saturated heterocycles. The number of halogens is 2. The van der Waals surface area contributed by atoms with Crippen LogP contribution in [0, 0.1) is 5.82 Å². The maximum atomic E-state index is 14.1. The molecule has 8 nitrogen and oxygen atoms in total. The average molecular weight is 458 g/mol. The minimum Gasteiger partial charge on any atom is -0.351 e. The molecule has 2 aromatic carbocycles. The Bertz CT molecular complexity index is 1210. The highest BCUT2D eigenvalue weighted by Crippen LogP contribution is 2.27. The Kier molecular flexibility index (Phi) is 6.00. The van der Waals surface area contributed by atoms with E-state index < -0.39 is 23.9 Å². The lowest BCUT2D eigenvalue weighted by molar-refractivity contribution is -0.124. The molecule has 1 fully saturated rings. The maximum absolute atomic E-state index is 14.1. The van der Waals surface area contributed by atoms with E-state index in [4.69, 9.17) is 17.3 Å². The molecule has 1 aliphatic rings. The number of amides is 4. The zero-order valence-electron chi connectivity index (χ0n) is 17.0. The highest BCUT2D eigenvalue weighted by atomic mass is 35.5. The minimum atomic E-state index is -0.693. The van der Waals surface area contributed by atoms with Gasteiger partial charge in [-0.05, 0) is 25.0 Å². The number of benzene rings is 2. The number of nitrogens with zero attached hydrogens (tertiary/aromatic N) is 2. The molecule has 0 radical (unpaired) electrons. The fourth-order valence-corrected chi connectivity index (χ4v) is 4.11. The molecule has 4 N–H and O–H groups in total. The number of hydrogen-bond donors (Lipinski definition) is 3. The van der Waals surface area contributed by atoms with Gasteiger partial charge in [-0.1, -0.05) is 41.9 Å². The number of urea groups is 1. The van der Waals surface area contributed by atoms with Crippen molar-refractivity contribution >= 4 is 46.2 Å². The van der Waals surface area contributed by atoms with E-state index in [0.717, 1.165) is 0 Å². The zero-order valence-corrected chi connectivity index (χ0v) is 17.7. The Labute approximate surface area is 188 Å². The highest BCUT2D eigenvalue weighted by Gasteiger charge is 2.34. The molecule has 0 bridgehead atoms. The molecule has 2 heterocycles. The molecule has 1 aliphatic heterocycles. The highest BCUT2D eigenvalue weighted by molar-refractivity contribution is 6.30. The molecule has 166 valence electrons. The molecule has 4 rings (SSSR count). The number of carbonyl (C=O) groups is 3. The van der Waals surface area contributed by atoms with Crippen LogP contribution in [0.2, 0.25) is 5.02 Å². The van der Waals surface area contributed by atoms with Gasteiger partial charge in [-0.15, -0.1) is 0 Å². The van der Waals surface area contributed by atoms with Crippen LogP contribution in [0.4, 0.5) is 19.7 Å². The lowest BCUT2D eigenvalue weighted by atomic mass is 10.1. The van der Waals surface area contributed by atoms with Gasteiger partial charge in [0.15, 0.2) is 0 Å². The van der Waals surface area contributed by atoms with Crippen LogP contribution < -0.4 is 16.4 Å². The summed E-state index contributed by atoms with van der Waals surface area (Å²) in [6.07, 6.45) is 2.60. The Morgan fingerprint density at radius 3 is 2.72 bits per heavy atom. The number of carbonyl (C=O) groups excluding carboxylic acids is 3. The smallest absolute Gasteiger partial charge is 0.323 e. The van der Waals surface area contributed by atoms with Crippen LogP contribution in [0.25, 0.3) is 10.9 Å². The molecular weight excluding hydrogens is 437 g/mol. The second-order valence-electron chi connectivity index (χ2n) is 7.48. The molecule has 0 unspecified atom stereocenters. The normalized spacial score (nSPS) is 15.7. The third-order valence-corrected chi connectivity index (χ3v) is 5.78. The van der Waals surface area contributed by atoms with Crippen LogP contribution in [0.15, 0.2) is 48.7 Å². The lowest BCUT2D eigenvalue weighted by Crippen LogP contribution is -2.47. The van der Waals surface area contributed by atoms with Gasteiger partial charge in [0.2, 0.25) is 5.91 Å². The van der Waals surface area contributed by atoms with Crippen molar-refractivity contribution in [3.05, 3.63) is 65.1 Å². The molecule has 4 amide bonds. The van der Waals surface area contributed by atoms with Crippen molar-refractivity contribution in [1.29, 1.82) is 0 Å². The van der Waals surface area contributed by atoms with Crippen molar-refractivity contribution in [2.45, 2.75) is 25.4 Å². The molecule has 0 saturated carbocycles. The summed E-state index contributed by atoms with van der Waals surface area (Å²) in [4.78, 5) is 38.8. The first-order chi connectivity index (χ1) is 15.4. The van der Waals surface area contributed by atoms with E-state index in [1.165, 1.54) is 27.8 Å². The van der Waals surface area contributed by atoms with E-state index >= 15 is 0 Å². The van der Waals surface area contributed by atoms with Gasteiger partial charge in [-0.25, -0.2) is 14.0 Å². The number of para-hydroxylation sites is 1. The molecule has 1 aromatic heterocycles. The number of aromatic nitrogens is 1.